The van der Waals surface area contributed by atoms with E-state index in [-0.39, 0.29) is 0 Å². The average Bonchev–Trinajstić information content (AvgIpc) is 2.61. The van der Waals surface area contributed by atoms with E-state index in [2.05, 4.69) is 91.5 Å². The van der Waals surface area contributed by atoms with E-state index in [1.165, 1.54) is 27.5 Å². The van der Waals surface area contributed by atoms with Crippen molar-refractivity contribution in [1.29, 1.82) is 0 Å². The summed E-state index contributed by atoms with van der Waals surface area (Å²) in [7, 11) is 0. The van der Waals surface area contributed by atoms with Gasteiger partial charge in [-0.2, -0.15) is 0 Å². The van der Waals surface area contributed by atoms with Crippen LogP contribution in [0.2, 0.25) is 0 Å². The molecule has 0 saturated heterocycles. The Balaban J connectivity index is 1.59. The van der Waals surface area contributed by atoms with Gasteiger partial charge >= 0.3 is 0 Å². The molecule has 0 heterocycles. The first-order valence-corrected chi connectivity index (χ1v) is 8.18. The van der Waals surface area contributed by atoms with E-state index in [1.807, 2.05) is 0 Å². The lowest BCUT2D eigenvalue weighted by molar-refractivity contribution is 0.917. The van der Waals surface area contributed by atoms with Crippen molar-refractivity contribution in [2.75, 3.05) is 0 Å². The SMILES string of the molecule is C=C(CC=Cc1cccc2ccccc12)CCc1ccccc1. The zero-order valence-corrected chi connectivity index (χ0v) is 13.4. The van der Waals surface area contributed by atoms with E-state index in [1.54, 1.807) is 0 Å². The van der Waals surface area contributed by atoms with Gasteiger partial charge in [-0.1, -0.05) is 97.1 Å². The Kier molecular flexibility index (Phi) is 5.06. The Hall–Kier alpha value is -2.60. The maximum Gasteiger partial charge on any atom is -0.0112 e. The van der Waals surface area contributed by atoms with E-state index < -0.39 is 0 Å². The van der Waals surface area contributed by atoms with Gasteiger partial charge in [-0.3, -0.25) is 0 Å². The number of hydrogen-bond donors (Lipinski definition) is 0. The van der Waals surface area contributed by atoms with Crippen molar-refractivity contribution in [1.82, 2.24) is 0 Å². The molecule has 0 fully saturated rings. The lowest BCUT2D eigenvalue weighted by Crippen LogP contribution is -1.87. The Morgan fingerprint density at radius 3 is 2.43 bits per heavy atom. The lowest BCUT2D eigenvalue weighted by atomic mass is 10.0. The molecular formula is C23H22. The van der Waals surface area contributed by atoms with Crippen LogP contribution in [0.3, 0.4) is 0 Å². The zero-order valence-electron chi connectivity index (χ0n) is 13.4. The minimum Gasteiger partial charge on any atom is -0.0995 e. The molecule has 0 unspecified atom stereocenters. The van der Waals surface area contributed by atoms with Gasteiger partial charge in [0.1, 0.15) is 0 Å². The molecule has 0 atom stereocenters. The first-order chi connectivity index (χ1) is 11.3. The first-order valence-electron chi connectivity index (χ1n) is 8.18. The third kappa shape index (κ3) is 4.20. The molecule has 0 bridgehead atoms. The number of benzene rings is 3. The zero-order chi connectivity index (χ0) is 15.9. The molecule has 0 aliphatic heterocycles. The number of hydrogen-bond acceptors (Lipinski definition) is 0. The standard InChI is InChI=1S/C23H22/c1-19(17-18-20-10-3-2-4-11-20)9-7-13-22-15-8-14-21-12-5-6-16-23(21)22/h2-8,10-16H,1,9,17-18H2. The lowest BCUT2D eigenvalue weighted by Gasteiger charge is -2.04. The van der Waals surface area contributed by atoms with Crippen molar-refractivity contribution in [3.05, 3.63) is 102 Å². The van der Waals surface area contributed by atoms with Crippen LogP contribution in [-0.4, -0.2) is 0 Å². The summed E-state index contributed by atoms with van der Waals surface area (Å²) in [6.07, 6.45) is 7.51. The van der Waals surface area contributed by atoms with Gasteiger partial charge in [-0.15, -0.1) is 0 Å². The quantitative estimate of drug-likeness (QED) is 0.460. The predicted octanol–water partition coefficient (Wildman–Crippen LogP) is 6.43. The summed E-state index contributed by atoms with van der Waals surface area (Å²) in [6, 6.07) is 25.6. The Labute approximate surface area is 138 Å². The van der Waals surface area contributed by atoms with E-state index in [9.17, 15) is 0 Å². The van der Waals surface area contributed by atoms with Crippen molar-refractivity contribution in [2.24, 2.45) is 0 Å². The topological polar surface area (TPSA) is 0 Å². The summed E-state index contributed by atoms with van der Waals surface area (Å²) in [5.74, 6) is 0. The Bertz CT molecular complexity index is 804. The third-order valence-electron chi connectivity index (χ3n) is 4.14. The Morgan fingerprint density at radius 2 is 1.57 bits per heavy atom. The van der Waals surface area contributed by atoms with Gasteiger partial charge in [0, 0.05) is 0 Å². The third-order valence-corrected chi connectivity index (χ3v) is 4.14. The Morgan fingerprint density at radius 1 is 0.826 bits per heavy atom. The van der Waals surface area contributed by atoms with Crippen LogP contribution in [0, 0.1) is 0 Å². The minimum absolute atomic E-state index is 0.941. The van der Waals surface area contributed by atoms with Crippen molar-refractivity contribution in [2.45, 2.75) is 19.3 Å². The minimum atomic E-state index is 0.941. The smallest absolute Gasteiger partial charge is 0.0112 e. The van der Waals surface area contributed by atoms with Crippen molar-refractivity contribution in [3.63, 3.8) is 0 Å². The molecule has 0 amide bonds. The second-order valence-electron chi connectivity index (χ2n) is 5.91. The highest BCUT2D eigenvalue weighted by atomic mass is 14.0. The molecule has 3 rings (SSSR count). The highest BCUT2D eigenvalue weighted by molar-refractivity contribution is 5.90. The van der Waals surface area contributed by atoms with Crippen LogP contribution in [0.25, 0.3) is 16.8 Å². The summed E-state index contributed by atoms with van der Waals surface area (Å²) in [5.41, 5.74) is 3.94. The van der Waals surface area contributed by atoms with Crippen LogP contribution in [0.15, 0.2) is 91.0 Å². The molecule has 0 heteroatoms. The summed E-state index contributed by atoms with van der Waals surface area (Å²) in [4.78, 5) is 0. The second-order valence-corrected chi connectivity index (χ2v) is 5.91. The molecule has 0 aliphatic rings. The van der Waals surface area contributed by atoms with Crippen molar-refractivity contribution < 1.29 is 0 Å². The molecule has 114 valence electrons. The van der Waals surface area contributed by atoms with Gasteiger partial charge in [-0.05, 0) is 41.2 Å². The summed E-state index contributed by atoms with van der Waals surface area (Å²) in [5, 5.41) is 2.60. The molecule has 0 N–H and O–H groups in total. The fourth-order valence-corrected chi connectivity index (χ4v) is 2.82. The van der Waals surface area contributed by atoms with E-state index in [0.717, 1.165) is 19.3 Å². The van der Waals surface area contributed by atoms with E-state index in [0.29, 0.717) is 0 Å². The number of rotatable bonds is 6. The molecule has 0 spiro atoms. The molecule has 0 radical (unpaired) electrons. The molecule has 0 saturated carbocycles. The monoisotopic (exact) mass is 298 g/mol. The van der Waals surface area contributed by atoms with Crippen molar-refractivity contribution in [3.8, 4) is 0 Å². The molecule has 23 heavy (non-hydrogen) atoms. The highest BCUT2D eigenvalue weighted by Crippen LogP contribution is 2.20. The fourth-order valence-electron chi connectivity index (χ4n) is 2.82. The number of fused-ring (bicyclic) bond motifs is 1. The maximum absolute atomic E-state index is 4.21. The van der Waals surface area contributed by atoms with Crippen LogP contribution < -0.4 is 0 Å². The normalized spacial score (nSPS) is 11.1. The number of aryl methyl sites for hydroxylation is 1. The van der Waals surface area contributed by atoms with E-state index in [4.69, 9.17) is 0 Å². The predicted molar refractivity (Wildman–Crippen MR) is 102 cm³/mol. The molecule has 3 aromatic carbocycles. The first kappa shape index (κ1) is 15.3. The summed E-state index contributed by atoms with van der Waals surface area (Å²) in [6.45, 7) is 4.21. The van der Waals surface area contributed by atoms with Crippen LogP contribution in [0.5, 0.6) is 0 Å². The molecule has 0 nitrogen and oxygen atoms in total. The largest absolute Gasteiger partial charge is 0.0995 e. The molecular weight excluding hydrogens is 276 g/mol. The molecule has 0 aliphatic carbocycles. The van der Waals surface area contributed by atoms with Crippen molar-refractivity contribution >= 4 is 16.8 Å². The highest BCUT2D eigenvalue weighted by Gasteiger charge is 1.97. The van der Waals surface area contributed by atoms with Crippen LogP contribution in [-0.2, 0) is 6.42 Å². The average molecular weight is 298 g/mol. The van der Waals surface area contributed by atoms with Gasteiger partial charge in [0.2, 0.25) is 0 Å². The van der Waals surface area contributed by atoms with Gasteiger partial charge < -0.3 is 0 Å². The molecule has 0 aromatic heterocycles. The summed E-state index contributed by atoms with van der Waals surface area (Å²) >= 11 is 0. The maximum atomic E-state index is 4.21. The van der Waals surface area contributed by atoms with Crippen LogP contribution in [0.4, 0.5) is 0 Å². The number of allylic oxidation sites excluding steroid dienone is 2. The van der Waals surface area contributed by atoms with E-state index >= 15 is 0 Å². The van der Waals surface area contributed by atoms with Crippen LogP contribution in [0.1, 0.15) is 24.0 Å². The molecule has 3 aromatic rings. The second kappa shape index (κ2) is 7.60. The van der Waals surface area contributed by atoms with Gasteiger partial charge in [0.05, 0.1) is 0 Å². The van der Waals surface area contributed by atoms with Gasteiger partial charge in [-0.25, -0.2) is 0 Å². The fraction of sp³-hybridized carbons (Fsp3) is 0.130. The summed E-state index contributed by atoms with van der Waals surface area (Å²) < 4.78 is 0. The van der Waals surface area contributed by atoms with Crippen LogP contribution >= 0.6 is 0 Å². The van der Waals surface area contributed by atoms with Gasteiger partial charge in [0.15, 0.2) is 0 Å². The van der Waals surface area contributed by atoms with Gasteiger partial charge in [0.25, 0.3) is 0 Å².